The third kappa shape index (κ3) is 4.64. The summed E-state index contributed by atoms with van der Waals surface area (Å²) in [7, 11) is 2.06. The average molecular weight is 464 g/mol. The van der Waals surface area contributed by atoms with Gasteiger partial charge >= 0.3 is 6.01 Å². The molecule has 1 aromatic carbocycles. The Morgan fingerprint density at radius 3 is 2.76 bits per heavy atom. The molecule has 3 heterocycles. The van der Waals surface area contributed by atoms with Crippen molar-refractivity contribution in [1.29, 1.82) is 0 Å². The van der Waals surface area contributed by atoms with E-state index < -0.39 is 4.92 Å². The van der Waals surface area contributed by atoms with Crippen LogP contribution in [-0.4, -0.2) is 53.2 Å². The van der Waals surface area contributed by atoms with Gasteiger partial charge in [-0.2, -0.15) is 0 Å². The SMILES string of the molecule is CN1CCN(c2ccc(-c3nnc(NC4=COC=C(C5=CC=CCC5)O4)o3)c([N+](=O)[O-])c2)CC1. The number of allylic oxidation sites excluding steroid dienone is 4. The van der Waals surface area contributed by atoms with Crippen molar-refractivity contribution in [2.45, 2.75) is 12.8 Å². The van der Waals surface area contributed by atoms with Crippen LogP contribution in [0.3, 0.4) is 0 Å². The molecule has 0 radical (unpaired) electrons. The fourth-order valence-electron chi connectivity index (χ4n) is 3.93. The van der Waals surface area contributed by atoms with E-state index in [0.717, 1.165) is 50.3 Å². The Bertz CT molecular complexity index is 1210. The lowest BCUT2D eigenvalue weighted by atomic mass is 10.0. The van der Waals surface area contributed by atoms with Crippen LogP contribution < -0.4 is 10.2 Å². The standard InChI is InChI=1S/C23H24N6O5/c1-27-9-11-28(12-10-27)17-7-8-18(19(13-17)29(30)31)22-25-26-23(34-22)24-21-15-32-14-20(33-21)16-5-3-2-4-6-16/h2-3,5,7-8,13-15H,4,6,9-12H2,1H3,(H,24,26). The molecule has 0 saturated carbocycles. The third-order valence-electron chi connectivity index (χ3n) is 5.83. The molecule has 3 aliphatic rings. The summed E-state index contributed by atoms with van der Waals surface area (Å²) in [6, 6.07) is 5.07. The number of likely N-dealkylation sites (N-methyl/N-ethyl adjacent to an activating group) is 1. The van der Waals surface area contributed by atoms with Crippen LogP contribution in [-0.2, 0) is 9.47 Å². The molecule has 2 aliphatic heterocycles. The van der Waals surface area contributed by atoms with Gasteiger partial charge in [0.25, 0.3) is 11.6 Å². The first kappa shape index (κ1) is 21.7. The highest BCUT2D eigenvalue weighted by Crippen LogP contribution is 2.34. The van der Waals surface area contributed by atoms with E-state index in [1.807, 2.05) is 18.2 Å². The first-order valence-electron chi connectivity index (χ1n) is 11.0. The van der Waals surface area contributed by atoms with E-state index in [4.69, 9.17) is 13.9 Å². The summed E-state index contributed by atoms with van der Waals surface area (Å²) < 4.78 is 16.9. The van der Waals surface area contributed by atoms with Crippen LogP contribution in [0.15, 0.2) is 70.6 Å². The summed E-state index contributed by atoms with van der Waals surface area (Å²) in [4.78, 5) is 15.7. The number of hydrogen-bond donors (Lipinski definition) is 1. The van der Waals surface area contributed by atoms with Crippen molar-refractivity contribution < 1.29 is 18.8 Å². The molecule has 0 atom stereocenters. The van der Waals surface area contributed by atoms with E-state index in [-0.39, 0.29) is 29.0 Å². The highest BCUT2D eigenvalue weighted by molar-refractivity contribution is 5.72. The van der Waals surface area contributed by atoms with Crippen molar-refractivity contribution in [2.75, 3.05) is 43.4 Å². The number of nitro benzene ring substituents is 1. The van der Waals surface area contributed by atoms with Gasteiger partial charge in [-0.25, -0.2) is 0 Å². The topological polar surface area (TPSA) is 119 Å². The van der Waals surface area contributed by atoms with Crippen molar-refractivity contribution in [1.82, 2.24) is 15.1 Å². The fraction of sp³-hybridized carbons (Fsp3) is 0.304. The molecule has 1 saturated heterocycles. The fourth-order valence-corrected chi connectivity index (χ4v) is 3.93. The highest BCUT2D eigenvalue weighted by Gasteiger charge is 2.24. The van der Waals surface area contributed by atoms with E-state index in [9.17, 15) is 10.1 Å². The van der Waals surface area contributed by atoms with Gasteiger partial charge in [0.2, 0.25) is 5.88 Å². The van der Waals surface area contributed by atoms with Gasteiger partial charge in [0.05, 0.1) is 4.92 Å². The maximum Gasteiger partial charge on any atom is 0.322 e. The first-order chi connectivity index (χ1) is 16.6. The quantitative estimate of drug-likeness (QED) is 0.500. The minimum absolute atomic E-state index is 0.0288. The summed E-state index contributed by atoms with van der Waals surface area (Å²) in [6.45, 7) is 3.42. The van der Waals surface area contributed by atoms with Gasteiger partial charge < -0.3 is 23.7 Å². The van der Waals surface area contributed by atoms with Gasteiger partial charge in [0, 0.05) is 37.9 Å². The number of piperazine rings is 1. The summed E-state index contributed by atoms with van der Waals surface area (Å²) >= 11 is 0. The number of ether oxygens (including phenoxy) is 2. The van der Waals surface area contributed by atoms with Gasteiger partial charge in [-0.05, 0) is 37.6 Å². The molecule has 0 unspecified atom stereocenters. The number of nitrogens with zero attached hydrogens (tertiary/aromatic N) is 5. The van der Waals surface area contributed by atoms with Crippen LogP contribution in [0.4, 0.5) is 17.4 Å². The molecule has 176 valence electrons. The molecule has 0 amide bonds. The first-order valence-corrected chi connectivity index (χ1v) is 11.0. The van der Waals surface area contributed by atoms with Crippen LogP contribution in [0.2, 0.25) is 0 Å². The predicted octanol–water partition coefficient (Wildman–Crippen LogP) is 3.77. The zero-order chi connectivity index (χ0) is 23.5. The van der Waals surface area contributed by atoms with E-state index in [1.165, 1.54) is 12.5 Å². The normalized spacial score (nSPS) is 18.4. The molecule has 1 aromatic heterocycles. The molecule has 11 nitrogen and oxygen atoms in total. The van der Waals surface area contributed by atoms with Crippen LogP contribution in [0.5, 0.6) is 0 Å². The summed E-state index contributed by atoms with van der Waals surface area (Å²) in [5, 5.41) is 22.6. The Morgan fingerprint density at radius 2 is 2.00 bits per heavy atom. The molecular formula is C23H24N6O5. The second kappa shape index (κ2) is 9.40. The monoisotopic (exact) mass is 464 g/mol. The van der Waals surface area contributed by atoms with Gasteiger partial charge in [0.1, 0.15) is 11.8 Å². The summed E-state index contributed by atoms with van der Waals surface area (Å²) in [6.07, 6.45) is 10.7. The van der Waals surface area contributed by atoms with Crippen LogP contribution in [0.25, 0.3) is 11.5 Å². The van der Waals surface area contributed by atoms with E-state index in [0.29, 0.717) is 5.76 Å². The molecular weight excluding hydrogens is 440 g/mol. The summed E-state index contributed by atoms with van der Waals surface area (Å²) in [5.74, 6) is 0.889. The van der Waals surface area contributed by atoms with E-state index >= 15 is 0 Å². The minimum Gasteiger partial charge on any atom is -0.463 e. The van der Waals surface area contributed by atoms with Crippen LogP contribution >= 0.6 is 0 Å². The zero-order valence-electron chi connectivity index (χ0n) is 18.6. The highest BCUT2D eigenvalue weighted by atomic mass is 16.6. The van der Waals surface area contributed by atoms with E-state index in [2.05, 4.69) is 38.4 Å². The number of benzene rings is 1. The number of nitro groups is 1. The molecule has 0 spiro atoms. The summed E-state index contributed by atoms with van der Waals surface area (Å²) in [5.41, 5.74) is 1.96. The van der Waals surface area contributed by atoms with Gasteiger partial charge in [-0.3, -0.25) is 15.4 Å². The maximum absolute atomic E-state index is 11.8. The molecule has 5 rings (SSSR count). The number of anilines is 2. The predicted molar refractivity (Wildman–Crippen MR) is 125 cm³/mol. The smallest absolute Gasteiger partial charge is 0.322 e. The lowest BCUT2D eigenvalue weighted by Crippen LogP contribution is -2.44. The number of nitrogens with one attached hydrogen (secondary N) is 1. The Morgan fingerprint density at radius 1 is 1.15 bits per heavy atom. The minimum atomic E-state index is -0.434. The third-order valence-corrected chi connectivity index (χ3v) is 5.83. The number of rotatable bonds is 6. The lowest BCUT2D eigenvalue weighted by molar-refractivity contribution is -0.384. The molecule has 2 aromatic rings. The van der Waals surface area contributed by atoms with Crippen molar-refractivity contribution >= 4 is 17.4 Å². The van der Waals surface area contributed by atoms with Crippen molar-refractivity contribution in [3.63, 3.8) is 0 Å². The molecule has 1 fully saturated rings. The van der Waals surface area contributed by atoms with Gasteiger partial charge in [-0.1, -0.05) is 23.3 Å². The van der Waals surface area contributed by atoms with Crippen molar-refractivity contribution in [3.8, 4) is 11.5 Å². The lowest BCUT2D eigenvalue weighted by Gasteiger charge is -2.33. The van der Waals surface area contributed by atoms with Crippen LogP contribution in [0.1, 0.15) is 12.8 Å². The Labute approximate surface area is 195 Å². The number of aromatic nitrogens is 2. The molecule has 11 heteroatoms. The van der Waals surface area contributed by atoms with Gasteiger partial charge in [0.15, 0.2) is 12.0 Å². The molecule has 0 bridgehead atoms. The Hall–Kier alpha value is -4.12. The largest absolute Gasteiger partial charge is 0.463 e. The molecule has 1 N–H and O–H groups in total. The zero-order valence-corrected chi connectivity index (χ0v) is 18.6. The second-order valence-corrected chi connectivity index (χ2v) is 8.15. The Balaban J connectivity index is 1.31. The van der Waals surface area contributed by atoms with Crippen LogP contribution in [0, 0.1) is 10.1 Å². The average Bonchev–Trinajstić information content (AvgIpc) is 3.33. The van der Waals surface area contributed by atoms with Gasteiger partial charge in [-0.15, -0.1) is 5.10 Å². The maximum atomic E-state index is 11.8. The van der Waals surface area contributed by atoms with E-state index in [1.54, 1.807) is 12.1 Å². The molecule has 34 heavy (non-hydrogen) atoms. The Kier molecular flexibility index (Phi) is 6.00. The second-order valence-electron chi connectivity index (χ2n) is 8.15. The van der Waals surface area contributed by atoms with Crippen molar-refractivity contribution in [3.05, 3.63) is 76.3 Å². The van der Waals surface area contributed by atoms with Crippen molar-refractivity contribution in [2.24, 2.45) is 0 Å². The molecule has 1 aliphatic carbocycles. The number of hydrogen-bond acceptors (Lipinski definition) is 10.